The molecule has 0 aliphatic heterocycles. The molecule has 0 atom stereocenters. The molecule has 6 nitrogen and oxygen atoms in total. The molecule has 0 aliphatic rings. The van der Waals surface area contributed by atoms with E-state index in [2.05, 4.69) is 25.3 Å². The Morgan fingerprint density at radius 1 is 0.676 bits per heavy atom. The minimum atomic E-state index is -6.60. The summed E-state index contributed by atoms with van der Waals surface area (Å²) in [5.74, 6) is 0. The van der Waals surface area contributed by atoms with Gasteiger partial charge < -0.3 is 5.32 Å². The zero-order valence-corrected chi connectivity index (χ0v) is 23.2. The Morgan fingerprint density at radius 2 is 1.00 bits per heavy atom. The van der Waals surface area contributed by atoms with Gasteiger partial charge in [0.15, 0.2) is 7.38 Å². The zero-order valence-electron chi connectivity index (χ0n) is 19.8. The summed E-state index contributed by atoms with van der Waals surface area (Å²) in [4.78, 5) is 0. The highest BCUT2D eigenvalue weighted by Crippen LogP contribution is 2.27. The summed E-state index contributed by atoms with van der Waals surface area (Å²) in [6.45, 7) is 7.83. The first kappa shape index (κ1) is 36.1. The van der Waals surface area contributed by atoms with Crippen molar-refractivity contribution < 1.29 is 43.2 Å². The molecule has 0 rings (SSSR count). The third-order valence-electron chi connectivity index (χ3n) is 4.33. The third kappa shape index (κ3) is 19.1. The van der Waals surface area contributed by atoms with Crippen molar-refractivity contribution in [3.63, 3.8) is 0 Å². The number of hydrogen-bond donors (Lipinski definition) is 2. The Labute approximate surface area is 205 Å². The molecule has 0 bridgehead atoms. The van der Waals surface area contributed by atoms with Gasteiger partial charge in [-0.2, -0.15) is 37.4 Å². The fourth-order valence-corrected chi connectivity index (χ4v) is 5.50. The lowest BCUT2D eigenvalue weighted by Crippen LogP contribution is -2.45. The van der Waals surface area contributed by atoms with Crippen molar-refractivity contribution in [2.45, 2.75) is 102 Å². The molecule has 0 fully saturated rings. The first-order valence-corrected chi connectivity index (χ1v) is 18.3. The minimum Gasteiger partial charge on any atom is -0.318 e. The molecule has 0 spiro atoms. The van der Waals surface area contributed by atoms with Crippen LogP contribution in [0.4, 0.5) is 26.3 Å². The molecule has 0 radical (unpaired) electrons. The van der Waals surface area contributed by atoms with Gasteiger partial charge in [-0.05, 0) is 13.0 Å². The molecule has 0 saturated carbocycles. The van der Waals surface area contributed by atoms with Crippen molar-refractivity contribution in [2.75, 3.05) is 12.7 Å². The highest BCUT2D eigenvalue weighted by molar-refractivity contribution is 8.05. The number of sulfonamides is 2. The van der Waals surface area contributed by atoms with Gasteiger partial charge in [-0.3, -0.25) is 0 Å². The number of rotatable bonds is 16. The highest BCUT2D eigenvalue weighted by atomic mass is 35.6. The predicted octanol–water partition coefficient (Wildman–Crippen LogP) is 6.15. The molecular weight excluding hydrogens is 550 g/mol. The molecule has 0 aromatic carbocycles. The molecule has 0 aromatic heterocycles. The van der Waals surface area contributed by atoms with Crippen LogP contribution >= 0.6 is 11.1 Å². The van der Waals surface area contributed by atoms with E-state index in [9.17, 15) is 43.2 Å². The Kier molecular flexibility index (Phi) is 17.6. The molecule has 0 heterocycles. The van der Waals surface area contributed by atoms with Crippen molar-refractivity contribution in [3.8, 4) is 0 Å². The summed E-state index contributed by atoms with van der Waals surface area (Å²) >= 11 is 6.25. The van der Waals surface area contributed by atoms with Crippen molar-refractivity contribution in [1.29, 1.82) is 0 Å². The monoisotopic (exact) mass is 586 g/mol. The Morgan fingerprint density at radius 3 is 1.29 bits per heavy atom. The van der Waals surface area contributed by atoms with Crippen molar-refractivity contribution in [3.05, 3.63) is 0 Å². The summed E-state index contributed by atoms with van der Waals surface area (Å²) in [6, 6.07) is 0. The van der Waals surface area contributed by atoms with E-state index < -0.39 is 42.6 Å². The Bertz CT molecular complexity index is 701. The summed E-state index contributed by atoms with van der Waals surface area (Å²) < 4.78 is 108. The molecule has 0 aromatic rings. The summed E-state index contributed by atoms with van der Waals surface area (Å²) in [6.07, 6.45) is 16.6. The first-order chi connectivity index (χ1) is 15.3. The van der Waals surface area contributed by atoms with Crippen LogP contribution < -0.4 is 9.44 Å². The zero-order chi connectivity index (χ0) is 27.1. The van der Waals surface area contributed by atoms with Gasteiger partial charge in [0.25, 0.3) is 0 Å². The van der Waals surface area contributed by atoms with E-state index in [1.165, 1.54) is 70.6 Å². The van der Waals surface area contributed by atoms with Crippen LogP contribution in [0.3, 0.4) is 0 Å². The van der Waals surface area contributed by atoms with Gasteiger partial charge >= 0.3 is 31.1 Å². The average molecular weight is 587 g/mol. The molecule has 34 heavy (non-hydrogen) atoms. The quantitative estimate of drug-likeness (QED) is 0.0980. The van der Waals surface area contributed by atoms with E-state index in [1.54, 1.807) is 0 Å². The number of hydrogen-bond acceptors (Lipinski definition) is 5. The van der Waals surface area contributed by atoms with Crippen molar-refractivity contribution >= 4 is 38.5 Å². The van der Waals surface area contributed by atoms with E-state index in [0.29, 0.717) is 0 Å². The van der Waals surface area contributed by atoms with Gasteiger partial charge in [0.05, 0.1) is 0 Å². The summed E-state index contributed by atoms with van der Waals surface area (Å²) in [5.41, 5.74) is -12.3. The Balaban J connectivity index is 0. The van der Waals surface area contributed by atoms with Crippen LogP contribution in [-0.4, -0.2) is 47.9 Å². The fourth-order valence-electron chi connectivity index (χ4n) is 2.54. The second kappa shape index (κ2) is 16.6. The van der Waals surface area contributed by atoms with Crippen molar-refractivity contribution in [1.82, 2.24) is 9.44 Å². The van der Waals surface area contributed by atoms with Gasteiger partial charge in [-0.1, -0.05) is 88.4 Å². The maximum Gasteiger partial charge on any atom is 0.512 e. The number of nitrogens with one attached hydrogen (secondary N) is 2. The van der Waals surface area contributed by atoms with E-state index in [4.69, 9.17) is 11.1 Å². The molecule has 0 aliphatic carbocycles. The molecule has 16 heteroatoms. The van der Waals surface area contributed by atoms with Gasteiger partial charge in [-0.25, -0.2) is 16.8 Å². The van der Waals surface area contributed by atoms with Crippen molar-refractivity contribution in [2.24, 2.45) is 0 Å². The molecule has 208 valence electrons. The van der Waals surface area contributed by atoms with Gasteiger partial charge in [0, 0.05) is 6.17 Å². The van der Waals surface area contributed by atoms with E-state index in [1.807, 2.05) is 0 Å². The second-order valence-corrected chi connectivity index (χ2v) is 18.9. The van der Waals surface area contributed by atoms with Crippen LogP contribution in [0.5, 0.6) is 0 Å². The normalized spacial score (nSPS) is 13.5. The topological polar surface area (TPSA) is 92.3 Å². The van der Waals surface area contributed by atoms with Crippen LogP contribution in [0.1, 0.15) is 77.6 Å². The minimum absolute atomic E-state index is 0.493. The second-order valence-electron chi connectivity index (χ2n) is 8.41. The van der Waals surface area contributed by atoms with Gasteiger partial charge in [0.2, 0.25) is 0 Å². The lowest BCUT2D eigenvalue weighted by molar-refractivity contribution is -0.0476. The molecule has 0 amide bonds. The number of unbranched alkanes of at least 4 members (excludes halogenated alkanes) is 10. The SMILES string of the molecule is CCCCCCCCCCCCCNC[Si](C)(C)Cl.O=S(=O)(NS(=O)(=O)C(F)(F)F)C(F)(F)F. The van der Waals surface area contributed by atoms with Gasteiger partial charge in [0.1, 0.15) is 0 Å². The van der Waals surface area contributed by atoms with Crippen LogP contribution in [0.2, 0.25) is 13.1 Å². The smallest absolute Gasteiger partial charge is 0.318 e. The first-order valence-electron chi connectivity index (χ1n) is 11.1. The van der Waals surface area contributed by atoms with Crippen LogP contribution in [0, 0.1) is 0 Å². The maximum atomic E-state index is 11.5. The number of alkyl halides is 6. The largest absolute Gasteiger partial charge is 0.512 e. The lowest BCUT2D eigenvalue weighted by atomic mass is 10.1. The average Bonchev–Trinajstić information content (AvgIpc) is 2.62. The molecule has 0 unspecified atom stereocenters. The van der Waals surface area contributed by atoms with E-state index >= 15 is 0 Å². The third-order valence-corrected chi connectivity index (χ3v) is 8.80. The predicted molar refractivity (Wildman–Crippen MR) is 126 cm³/mol. The van der Waals surface area contributed by atoms with E-state index in [0.717, 1.165) is 12.7 Å². The maximum absolute atomic E-state index is 11.5. The lowest BCUT2D eigenvalue weighted by Gasteiger charge is -2.13. The van der Waals surface area contributed by atoms with Crippen LogP contribution in [0.15, 0.2) is 0 Å². The van der Waals surface area contributed by atoms with Gasteiger partial charge in [-0.15, -0.1) is 0 Å². The van der Waals surface area contributed by atoms with Crippen LogP contribution in [-0.2, 0) is 20.0 Å². The standard InChI is InChI=1S/C16H36ClNSi.C2HF6NO4S2/c1-4-5-6-7-8-9-10-11-12-13-14-15-18-16-19(2,3)17;3-1(4,5)14(10,11)9-15(12,13)2(6,7)8/h18H,4-16H2,1-3H3;9H. The Hall–Kier alpha value is -0.0931. The highest BCUT2D eigenvalue weighted by Gasteiger charge is 2.55. The summed E-state index contributed by atoms with van der Waals surface area (Å²) in [7, 11) is -14.6. The summed E-state index contributed by atoms with van der Waals surface area (Å²) in [5, 5.41) is 3.49. The fraction of sp³-hybridized carbons (Fsp3) is 1.00. The molecule has 2 N–H and O–H groups in total. The number of halogens is 7. The molecule has 0 saturated heterocycles. The van der Waals surface area contributed by atoms with Crippen LogP contribution in [0.25, 0.3) is 0 Å². The molecular formula is C18H37ClF6N2O4S2Si. The van der Waals surface area contributed by atoms with E-state index in [-0.39, 0.29) is 0 Å².